The molecule has 0 fully saturated rings. The quantitative estimate of drug-likeness (QED) is 0.671. The van der Waals surface area contributed by atoms with Gasteiger partial charge in [0.1, 0.15) is 10.6 Å². The first-order valence-corrected chi connectivity index (χ1v) is 9.06. The molecule has 0 bridgehead atoms. The molecule has 5 heteroatoms. The molecular weight excluding hydrogens is 332 g/mol. The first-order chi connectivity index (χ1) is 11.8. The summed E-state index contributed by atoms with van der Waals surface area (Å²) in [5, 5.41) is 6.96. The largest absolute Gasteiger partial charge is 0.444 e. The van der Waals surface area contributed by atoms with Gasteiger partial charge in [0.05, 0.1) is 10.7 Å². The monoisotopic (exact) mass is 354 g/mol. The Morgan fingerprint density at radius 3 is 2.60 bits per heavy atom. The Hall–Kier alpha value is -2.40. The standard InChI is InChI=1S/C20H22N2O2S/c1-13-18(22-19(23)24-20(2,3)4)25-17(21-13)12-14-9-10-15-7-5-6-8-16(15)11-14/h5-11H,12H2,1-4H3,(H,22,23). The molecule has 1 aromatic heterocycles. The second-order valence-electron chi connectivity index (χ2n) is 7.01. The third-order valence-corrected chi connectivity index (χ3v) is 4.70. The summed E-state index contributed by atoms with van der Waals surface area (Å²) in [7, 11) is 0. The number of aryl methyl sites for hydroxylation is 1. The number of hydrogen-bond acceptors (Lipinski definition) is 4. The minimum Gasteiger partial charge on any atom is -0.444 e. The van der Waals surface area contributed by atoms with Gasteiger partial charge in [0, 0.05) is 6.42 Å². The van der Waals surface area contributed by atoms with E-state index >= 15 is 0 Å². The molecule has 0 spiro atoms. The molecule has 0 unspecified atom stereocenters. The van der Waals surface area contributed by atoms with E-state index in [-0.39, 0.29) is 0 Å². The molecule has 4 nitrogen and oxygen atoms in total. The van der Waals surface area contributed by atoms with Crippen LogP contribution in [0.15, 0.2) is 42.5 Å². The van der Waals surface area contributed by atoms with E-state index in [1.165, 1.54) is 27.7 Å². The molecule has 0 aliphatic rings. The summed E-state index contributed by atoms with van der Waals surface area (Å²) in [6, 6.07) is 14.7. The van der Waals surface area contributed by atoms with Gasteiger partial charge in [0.15, 0.2) is 0 Å². The van der Waals surface area contributed by atoms with Gasteiger partial charge in [-0.3, -0.25) is 5.32 Å². The number of aromatic nitrogens is 1. The van der Waals surface area contributed by atoms with Gasteiger partial charge in [-0.25, -0.2) is 9.78 Å². The topological polar surface area (TPSA) is 51.2 Å². The molecule has 1 heterocycles. The van der Waals surface area contributed by atoms with Crippen LogP contribution in [0.4, 0.5) is 9.80 Å². The summed E-state index contributed by atoms with van der Waals surface area (Å²) in [5.41, 5.74) is 1.50. The van der Waals surface area contributed by atoms with Crippen molar-refractivity contribution < 1.29 is 9.53 Å². The van der Waals surface area contributed by atoms with Crippen LogP contribution in [0, 0.1) is 6.92 Å². The Morgan fingerprint density at radius 2 is 1.88 bits per heavy atom. The summed E-state index contributed by atoms with van der Waals surface area (Å²) in [6.45, 7) is 7.43. The Bertz CT molecular complexity index is 909. The predicted octanol–water partition coefficient (Wildman–Crippen LogP) is 5.54. The number of rotatable bonds is 3. The average molecular weight is 354 g/mol. The highest BCUT2D eigenvalue weighted by atomic mass is 32.1. The van der Waals surface area contributed by atoms with E-state index in [1.807, 2.05) is 39.8 Å². The maximum absolute atomic E-state index is 11.9. The number of nitrogens with one attached hydrogen (secondary N) is 1. The fraction of sp³-hybridized carbons (Fsp3) is 0.300. The van der Waals surface area contributed by atoms with Crippen molar-refractivity contribution >= 4 is 33.2 Å². The van der Waals surface area contributed by atoms with E-state index in [0.29, 0.717) is 0 Å². The van der Waals surface area contributed by atoms with Gasteiger partial charge in [0.2, 0.25) is 0 Å². The van der Waals surface area contributed by atoms with E-state index in [0.717, 1.165) is 22.1 Å². The van der Waals surface area contributed by atoms with Crippen LogP contribution in [0.1, 0.15) is 37.0 Å². The number of benzene rings is 2. The zero-order valence-electron chi connectivity index (χ0n) is 14.9. The zero-order chi connectivity index (χ0) is 18.0. The molecule has 2 aromatic carbocycles. The SMILES string of the molecule is Cc1nc(Cc2ccc3ccccc3c2)sc1NC(=O)OC(C)(C)C. The van der Waals surface area contributed by atoms with Crippen LogP contribution >= 0.6 is 11.3 Å². The first-order valence-electron chi connectivity index (χ1n) is 8.24. The molecule has 0 aliphatic heterocycles. The van der Waals surface area contributed by atoms with Crippen molar-refractivity contribution in [3.05, 3.63) is 58.7 Å². The molecule has 1 amide bonds. The molecule has 3 aromatic rings. The Balaban J connectivity index is 1.74. The van der Waals surface area contributed by atoms with E-state index < -0.39 is 11.7 Å². The highest BCUT2D eigenvalue weighted by Gasteiger charge is 2.18. The van der Waals surface area contributed by atoms with Gasteiger partial charge in [-0.15, -0.1) is 11.3 Å². The molecule has 25 heavy (non-hydrogen) atoms. The summed E-state index contributed by atoms with van der Waals surface area (Å²) in [4.78, 5) is 16.5. The maximum Gasteiger partial charge on any atom is 0.412 e. The minimum atomic E-state index is -0.517. The number of hydrogen-bond donors (Lipinski definition) is 1. The van der Waals surface area contributed by atoms with Crippen LogP contribution in [0.2, 0.25) is 0 Å². The Labute approximate surface area is 151 Å². The molecule has 0 aliphatic carbocycles. The van der Waals surface area contributed by atoms with Crippen molar-refractivity contribution in [1.29, 1.82) is 0 Å². The third kappa shape index (κ3) is 4.57. The Kier molecular flexibility index (Phi) is 4.77. The second kappa shape index (κ2) is 6.84. The second-order valence-corrected chi connectivity index (χ2v) is 8.09. The van der Waals surface area contributed by atoms with E-state index in [1.54, 1.807) is 0 Å². The van der Waals surface area contributed by atoms with Crippen LogP contribution in [-0.4, -0.2) is 16.7 Å². The average Bonchev–Trinajstić information content (AvgIpc) is 2.84. The third-order valence-electron chi connectivity index (χ3n) is 3.62. The van der Waals surface area contributed by atoms with Gasteiger partial charge in [-0.2, -0.15) is 0 Å². The first kappa shape index (κ1) is 17.4. The van der Waals surface area contributed by atoms with Crippen molar-refractivity contribution in [2.45, 2.75) is 39.7 Å². The van der Waals surface area contributed by atoms with E-state index in [2.05, 4.69) is 40.6 Å². The highest BCUT2D eigenvalue weighted by Crippen LogP contribution is 2.27. The van der Waals surface area contributed by atoms with Gasteiger partial charge >= 0.3 is 6.09 Å². The highest BCUT2D eigenvalue weighted by molar-refractivity contribution is 7.16. The van der Waals surface area contributed by atoms with Crippen molar-refractivity contribution in [3.63, 3.8) is 0 Å². The number of fused-ring (bicyclic) bond motifs is 1. The number of anilines is 1. The van der Waals surface area contributed by atoms with Crippen molar-refractivity contribution in [2.75, 3.05) is 5.32 Å². The van der Waals surface area contributed by atoms with Crippen LogP contribution in [0.5, 0.6) is 0 Å². The summed E-state index contributed by atoms with van der Waals surface area (Å²) >= 11 is 1.49. The number of nitrogens with zero attached hydrogens (tertiary/aromatic N) is 1. The van der Waals surface area contributed by atoms with Crippen molar-refractivity contribution in [1.82, 2.24) is 4.98 Å². The number of carbonyl (C=O) groups excluding carboxylic acids is 1. The molecule has 0 saturated carbocycles. The van der Waals surface area contributed by atoms with Crippen LogP contribution in [0.25, 0.3) is 10.8 Å². The molecule has 0 radical (unpaired) electrons. The molecule has 3 rings (SSSR count). The number of amides is 1. The summed E-state index contributed by atoms with van der Waals surface area (Å²) in [6.07, 6.45) is 0.295. The maximum atomic E-state index is 11.9. The molecule has 130 valence electrons. The fourth-order valence-electron chi connectivity index (χ4n) is 2.56. The van der Waals surface area contributed by atoms with Crippen LogP contribution in [-0.2, 0) is 11.2 Å². The zero-order valence-corrected chi connectivity index (χ0v) is 15.7. The lowest BCUT2D eigenvalue weighted by molar-refractivity contribution is 0.0636. The molecule has 0 atom stereocenters. The van der Waals surface area contributed by atoms with Gasteiger partial charge in [-0.05, 0) is 44.0 Å². The predicted molar refractivity (Wildman–Crippen MR) is 103 cm³/mol. The minimum absolute atomic E-state index is 0.448. The molecule has 0 saturated heterocycles. The lowest BCUT2D eigenvalue weighted by Crippen LogP contribution is -2.27. The van der Waals surface area contributed by atoms with Gasteiger partial charge < -0.3 is 4.74 Å². The Morgan fingerprint density at radius 1 is 1.16 bits per heavy atom. The van der Waals surface area contributed by atoms with Gasteiger partial charge in [-0.1, -0.05) is 42.5 Å². The van der Waals surface area contributed by atoms with Gasteiger partial charge in [0.25, 0.3) is 0 Å². The summed E-state index contributed by atoms with van der Waals surface area (Å²) < 4.78 is 5.30. The normalized spacial score (nSPS) is 11.5. The lowest BCUT2D eigenvalue weighted by atomic mass is 10.1. The smallest absolute Gasteiger partial charge is 0.412 e. The van der Waals surface area contributed by atoms with Crippen molar-refractivity contribution in [3.8, 4) is 0 Å². The van der Waals surface area contributed by atoms with Crippen LogP contribution in [0.3, 0.4) is 0 Å². The number of ether oxygens (including phenoxy) is 1. The lowest BCUT2D eigenvalue weighted by Gasteiger charge is -2.19. The molecule has 1 N–H and O–H groups in total. The van der Waals surface area contributed by atoms with E-state index in [4.69, 9.17) is 4.74 Å². The fourth-order valence-corrected chi connectivity index (χ4v) is 3.55. The van der Waals surface area contributed by atoms with Crippen molar-refractivity contribution in [2.24, 2.45) is 0 Å². The van der Waals surface area contributed by atoms with E-state index in [9.17, 15) is 4.79 Å². The number of carbonyl (C=O) groups is 1. The van der Waals surface area contributed by atoms with Crippen LogP contribution < -0.4 is 5.32 Å². The molecular formula is C20H22N2O2S. The number of thiazole rings is 1. The summed E-state index contributed by atoms with van der Waals surface area (Å²) in [5.74, 6) is 0.